The molecule has 0 unspecified atom stereocenters. The summed E-state index contributed by atoms with van der Waals surface area (Å²) in [6.07, 6.45) is 6.46. The molecule has 3 saturated carbocycles. The topological polar surface area (TPSA) is 189 Å². The van der Waals surface area contributed by atoms with Gasteiger partial charge in [0, 0.05) is 49.3 Å². The van der Waals surface area contributed by atoms with Crippen molar-refractivity contribution in [3.05, 3.63) is 97.3 Å². The third-order valence-corrected chi connectivity index (χ3v) is 6.36. The average Bonchev–Trinajstić information content (AvgIpc) is 3.87. The van der Waals surface area contributed by atoms with Gasteiger partial charge in [0.25, 0.3) is 5.69 Å². The summed E-state index contributed by atoms with van der Waals surface area (Å²) in [5, 5.41) is 26.3. The zero-order valence-electron chi connectivity index (χ0n) is 26.8. The van der Waals surface area contributed by atoms with E-state index in [4.69, 9.17) is 11.5 Å². The maximum absolute atomic E-state index is 12.9. The van der Waals surface area contributed by atoms with Gasteiger partial charge in [0.05, 0.1) is 40.0 Å². The molecule has 0 bridgehead atoms. The molecule has 0 spiro atoms. The van der Waals surface area contributed by atoms with Crippen molar-refractivity contribution in [3.8, 4) is 0 Å². The van der Waals surface area contributed by atoms with Gasteiger partial charge in [-0.05, 0) is 45.4 Å². The molecule has 0 radical (unpaired) electrons. The number of nitro benzene ring substituents is 2. The minimum atomic E-state index is -1.45. The van der Waals surface area contributed by atoms with Crippen molar-refractivity contribution in [2.75, 3.05) is 23.0 Å². The lowest BCUT2D eigenvalue weighted by Crippen LogP contribution is -2.05. The van der Waals surface area contributed by atoms with Crippen LogP contribution in [0.1, 0.15) is 59.8 Å². The van der Waals surface area contributed by atoms with Crippen LogP contribution >= 0.6 is 0 Å². The van der Waals surface area contributed by atoms with Gasteiger partial charge in [0.2, 0.25) is 5.82 Å². The molecule has 6 rings (SSSR count). The van der Waals surface area contributed by atoms with Gasteiger partial charge in [-0.25, -0.2) is 26.3 Å². The highest BCUT2D eigenvalue weighted by Crippen LogP contribution is 2.32. The van der Waals surface area contributed by atoms with Crippen molar-refractivity contribution >= 4 is 34.4 Å². The molecule has 0 aromatic heterocycles. The van der Waals surface area contributed by atoms with Crippen molar-refractivity contribution in [1.29, 1.82) is 0 Å². The normalized spacial score (nSPS) is 13.8. The number of nitro groups is 2. The van der Waals surface area contributed by atoms with Gasteiger partial charge in [0.15, 0.2) is 34.9 Å². The Morgan fingerprint density at radius 1 is 0.706 bits per heavy atom. The highest BCUT2D eigenvalue weighted by Gasteiger charge is 2.26. The molecule has 0 heterocycles. The van der Waals surface area contributed by atoms with Crippen molar-refractivity contribution in [2.45, 2.75) is 77.9 Å². The number of esters is 1. The van der Waals surface area contributed by atoms with Crippen molar-refractivity contribution in [1.82, 2.24) is 0 Å². The van der Waals surface area contributed by atoms with Crippen LogP contribution in [0.15, 0.2) is 36.4 Å². The van der Waals surface area contributed by atoms with Gasteiger partial charge in [-0.15, -0.1) is 0 Å². The second kappa shape index (κ2) is 20.5. The highest BCUT2D eigenvalue weighted by atomic mass is 19.2. The van der Waals surface area contributed by atoms with Crippen LogP contribution in [0.2, 0.25) is 0 Å². The molecule has 12 nitrogen and oxygen atoms in total. The number of carbonyl (C=O) groups is 1. The van der Waals surface area contributed by atoms with Gasteiger partial charge in [-0.2, -0.15) is 4.39 Å². The summed E-state index contributed by atoms with van der Waals surface area (Å²) in [5.74, 6) is -8.54. The van der Waals surface area contributed by atoms with Crippen molar-refractivity contribution in [3.63, 3.8) is 0 Å². The van der Waals surface area contributed by atoms with E-state index < -0.39 is 61.9 Å². The fourth-order valence-corrected chi connectivity index (χ4v) is 3.34. The maximum atomic E-state index is 12.9. The largest absolute Gasteiger partial charge is 0.466 e. The van der Waals surface area contributed by atoms with Gasteiger partial charge < -0.3 is 26.8 Å². The van der Waals surface area contributed by atoms with Crippen LogP contribution in [0.5, 0.6) is 0 Å². The molecule has 51 heavy (non-hydrogen) atoms. The van der Waals surface area contributed by atoms with Crippen molar-refractivity contribution in [2.24, 2.45) is 5.73 Å². The average molecular weight is 737 g/mol. The summed E-state index contributed by atoms with van der Waals surface area (Å²) in [6.45, 7) is 3.65. The summed E-state index contributed by atoms with van der Waals surface area (Å²) in [6, 6.07) is 4.97. The van der Waals surface area contributed by atoms with Crippen molar-refractivity contribution < 1.29 is 50.1 Å². The molecule has 3 aromatic rings. The molecule has 0 amide bonds. The third kappa shape index (κ3) is 16.4. The SMILES string of the molecule is C.CCOC(C)=O.NC1CC1.Nc1cc(F)c(F)cc1NC1CC1.O=[N+]([O-])c1cc(F)c(F)cc1F.O=[N+]([O-])c1cc(F)c(F)cc1NC1CC1. The van der Waals surface area contributed by atoms with E-state index in [1.165, 1.54) is 19.8 Å². The van der Waals surface area contributed by atoms with E-state index in [9.17, 15) is 55.8 Å². The highest BCUT2D eigenvalue weighted by molar-refractivity contribution is 5.67. The second-order valence-corrected chi connectivity index (χ2v) is 11.0. The number of halogens is 7. The molecular weight excluding hydrogens is 697 g/mol. The van der Waals surface area contributed by atoms with Crippen LogP contribution in [0, 0.1) is 60.9 Å². The van der Waals surface area contributed by atoms with Crippen LogP contribution in [-0.2, 0) is 9.53 Å². The number of anilines is 3. The predicted octanol–water partition coefficient (Wildman–Crippen LogP) is 7.89. The molecule has 282 valence electrons. The number of nitrogen functional groups attached to an aromatic ring is 1. The van der Waals surface area contributed by atoms with Gasteiger partial charge in [-0.3, -0.25) is 25.0 Å². The summed E-state index contributed by atoms with van der Waals surface area (Å²) >= 11 is 0. The Morgan fingerprint density at radius 3 is 1.45 bits per heavy atom. The molecule has 3 fully saturated rings. The van der Waals surface area contributed by atoms with E-state index in [-0.39, 0.29) is 42.9 Å². The molecular formula is C32H39F7N6O6. The number of nitrogens with two attached hydrogens (primary N) is 2. The number of hydrogen-bond acceptors (Lipinski definition) is 10. The predicted molar refractivity (Wildman–Crippen MR) is 176 cm³/mol. The van der Waals surface area contributed by atoms with Crippen LogP contribution < -0.4 is 22.1 Å². The molecule has 3 aliphatic rings. The minimum absolute atomic E-state index is 0. The first-order valence-electron chi connectivity index (χ1n) is 15.0. The lowest BCUT2D eigenvalue weighted by molar-refractivity contribution is -0.387. The smallest absolute Gasteiger partial charge is 0.307 e. The number of nitrogens with zero attached hydrogens (tertiary/aromatic N) is 2. The first-order valence-corrected chi connectivity index (χ1v) is 15.0. The van der Waals surface area contributed by atoms with E-state index in [2.05, 4.69) is 15.4 Å². The van der Waals surface area contributed by atoms with E-state index in [0.717, 1.165) is 43.9 Å². The number of hydrogen-bond donors (Lipinski definition) is 4. The van der Waals surface area contributed by atoms with Gasteiger partial charge in [-0.1, -0.05) is 7.43 Å². The monoisotopic (exact) mass is 736 g/mol. The van der Waals surface area contributed by atoms with E-state index in [0.29, 0.717) is 30.4 Å². The number of benzene rings is 3. The Hall–Kier alpha value is -5.20. The molecule has 19 heteroatoms. The first-order chi connectivity index (χ1) is 23.4. The molecule has 0 saturated heterocycles. The number of rotatable bonds is 7. The summed E-state index contributed by atoms with van der Waals surface area (Å²) in [5.41, 5.74) is 10.0. The second-order valence-electron chi connectivity index (χ2n) is 11.0. The van der Waals surface area contributed by atoms with Crippen LogP contribution in [0.4, 0.5) is 59.2 Å². The standard InChI is InChI=1S/C9H8F2N2O2.C9H10F2N2.C6H2F3NO2.C4H8O2.C3H7N.CH4/c10-6-3-8(12-5-1-2-5)9(13(14)15)4-7(6)11;10-6-3-8(12)9(4-7(6)11)13-5-1-2-5;7-3-1-5(9)6(10(11)12)2-4(3)8;1-3-6-4(2)5;4-3-1-2-3;/h3-5,12H,1-2H2;3-5,13H,1-2,12H2;1-2H;3H2,1-2H3;3H,1-2,4H2;1H4. The summed E-state index contributed by atoms with van der Waals surface area (Å²) < 4.78 is 92.3. The zero-order valence-corrected chi connectivity index (χ0v) is 26.8. The Kier molecular flexibility index (Phi) is 17.6. The maximum Gasteiger partial charge on any atom is 0.307 e. The number of ether oxygens (including phenoxy) is 1. The van der Waals surface area contributed by atoms with Crippen LogP contribution in [0.3, 0.4) is 0 Å². The molecule has 0 aliphatic heterocycles. The lowest BCUT2D eigenvalue weighted by atomic mass is 10.2. The molecule has 0 atom stereocenters. The zero-order chi connectivity index (χ0) is 37.7. The summed E-state index contributed by atoms with van der Waals surface area (Å²) in [7, 11) is 0. The lowest BCUT2D eigenvalue weighted by Gasteiger charge is -2.08. The van der Waals surface area contributed by atoms with Crippen LogP contribution in [-0.4, -0.2) is 40.5 Å². The summed E-state index contributed by atoms with van der Waals surface area (Å²) in [4.78, 5) is 28.5. The fraction of sp³-hybridized carbons (Fsp3) is 0.406. The Labute approximate surface area is 288 Å². The molecule has 3 aromatic carbocycles. The van der Waals surface area contributed by atoms with E-state index >= 15 is 0 Å². The Bertz CT molecular complexity index is 1660. The molecule has 6 N–H and O–H groups in total. The third-order valence-electron chi connectivity index (χ3n) is 6.36. The van der Waals surface area contributed by atoms with E-state index in [1.54, 1.807) is 6.92 Å². The van der Waals surface area contributed by atoms with E-state index in [1.807, 2.05) is 0 Å². The minimum Gasteiger partial charge on any atom is -0.466 e. The van der Waals surface area contributed by atoms with Crippen LogP contribution in [0.25, 0.3) is 0 Å². The Balaban J connectivity index is 0.000000336. The first kappa shape index (κ1) is 43.8. The Morgan fingerprint density at radius 2 is 1.08 bits per heavy atom. The quantitative estimate of drug-likeness (QED) is 0.0464. The number of carbonyl (C=O) groups excluding carboxylic acids is 1. The fourth-order valence-electron chi connectivity index (χ4n) is 3.34. The number of nitrogens with one attached hydrogen (secondary N) is 2. The van der Waals surface area contributed by atoms with Gasteiger partial charge in [0.1, 0.15) is 5.69 Å². The molecule has 3 aliphatic carbocycles. The van der Waals surface area contributed by atoms with Gasteiger partial charge >= 0.3 is 11.7 Å².